The number of nitrogens with two attached hydrogens (primary N) is 1. The molecule has 5 nitrogen and oxygen atoms in total. The molecule has 3 N–H and O–H groups in total. The van der Waals surface area contributed by atoms with E-state index in [4.69, 9.17) is 5.73 Å². The zero-order valence-electron chi connectivity index (χ0n) is 12.3. The van der Waals surface area contributed by atoms with Crippen molar-refractivity contribution in [3.8, 4) is 0 Å². The van der Waals surface area contributed by atoms with E-state index in [0.717, 1.165) is 24.9 Å². The summed E-state index contributed by atoms with van der Waals surface area (Å²) < 4.78 is 0. The van der Waals surface area contributed by atoms with Crippen molar-refractivity contribution in [2.24, 2.45) is 5.92 Å². The molecule has 2 saturated heterocycles. The van der Waals surface area contributed by atoms with E-state index in [2.05, 4.69) is 5.32 Å². The van der Waals surface area contributed by atoms with E-state index in [0.29, 0.717) is 30.1 Å². The Morgan fingerprint density at radius 3 is 2.95 bits per heavy atom. The lowest BCUT2D eigenvalue weighted by atomic mass is 9.85. The number of likely N-dealkylation sites (tertiary alicyclic amines) is 1. The van der Waals surface area contributed by atoms with Gasteiger partial charge in [0, 0.05) is 36.8 Å². The quantitative estimate of drug-likeness (QED) is 0.765. The number of aryl methyl sites for hydroxylation is 1. The van der Waals surface area contributed by atoms with Crippen molar-refractivity contribution in [1.82, 2.24) is 10.2 Å². The van der Waals surface area contributed by atoms with Crippen molar-refractivity contribution in [1.29, 1.82) is 0 Å². The summed E-state index contributed by atoms with van der Waals surface area (Å²) in [5.41, 5.74) is 8.14. The minimum atomic E-state index is 0.0634. The van der Waals surface area contributed by atoms with Crippen molar-refractivity contribution in [3.63, 3.8) is 0 Å². The molecule has 0 aliphatic carbocycles. The molecule has 2 aliphatic rings. The van der Waals surface area contributed by atoms with Gasteiger partial charge in [-0.1, -0.05) is 0 Å². The second kappa shape index (κ2) is 5.39. The van der Waals surface area contributed by atoms with Gasteiger partial charge >= 0.3 is 0 Å². The number of nitrogens with one attached hydrogen (secondary N) is 1. The molecule has 2 atom stereocenters. The first-order valence-electron chi connectivity index (χ1n) is 7.49. The van der Waals surface area contributed by atoms with E-state index in [-0.39, 0.29) is 17.9 Å². The van der Waals surface area contributed by atoms with Gasteiger partial charge in [-0.3, -0.25) is 9.59 Å². The Labute approximate surface area is 124 Å². The molecule has 2 fully saturated rings. The standard InChI is InChI=1S/C16H21N3O2/c1-10-8-11(2-4-13(10)17)16(21)19-7-6-14-12(9-19)3-5-15(20)18-14/h2,4,8,12,14H,3,5-7,9,17H2,1H3,(H,18,20). The number of anilines is 1. The first-order valence-corrected chi connectivity index (χ1v) is 7.49. The molecule has 0 saturated carbocycles. The zero-order chi connectivity index (χ0) is 15.0. The van der Waals surface area contributed by atoms with Crippen molar-refractivity contribution < 1.29 is 9.59 Å². The summed E-state index contributed by atoms with van der Waals surface area (Å²) in [6.07, 6.45) is 2.29. The second-order valence-electron chi connectivity index (χ2n) is 6.08. The Kier molecular flexibility index (Phi) is 3.57. The summed E-state index contributed by atoms with van der Waals surface area (Å²) in [7, 11) is 0. The van der Waals surface area contributed by atoms with Crippen molar-refractivity contribution in [3.05, 3.63) is 29.3 Å². The van der Waals surface area contributed by atoms with Crippen LogP contribution in [0, 0.1) is 12.8 Å². The average Bonchev–Trinajstić information content (AvgIpc) is 2.49. The van der Waals surface area contributed by atoms with Gasteiger partial charge in [-0.15, -0.1) is 0 Å². The average molecular weight is 287 g/mol. The Balaban J connectivity index is 1.71. The van der Waals surface area contributed by atoms with Crippen LogP contribution in [-0.2, 0) is 4.79 Å². The highest BCUT2D eigenvalue weighted by molar-refractivity contribution is 5.95. The summed E-state index contributed by atoms with van der Waals surface area (Å²) in [5, 5.41) is 3.04. The predicted molar refractivity (Wildman–Crippen MR) is 80.8 cm³/mol. The van der Waals surface area contributed by atoms with Crippen LogP contribution in [0.25, 0.3) is 0 Å². The van der Waals surface area contributed by atoms with Crippen LogP contribution in [0.3, 0.4) is 0 Å². The Bertz CT molecular complexity index is 585. The number of piperidine rings is 2. The van der Waals surface area contributed by atoms with E-state index in [1.807, 2.05) is 17.9 Å². The van der Waals surface area contributed by atoms with Crippen LogP contribution in [0.4, 0.5) is 5.69 Å². The van der Waals surface area contributed by atoms with Crippen LogP contribution in [0.5, 0.6) is 0 Å². The van der Waals surface area contributed by atoms with Crippen LogP contribution < -0.4 is 11.1 Å². The molecule has 5 heteroatoms. The Morgan fingerprint density at radius 2 is 2.19 bits per heavy atom. The minimum absolute atomic E-state index is 0.0634. The number of hydrogen-bond donors (Lipinski definition) is 2. The number of amides is 2. The molecule has 2 heterocycles. The van der Waals surface area contributed by atoms with Gasteiger partial charge in [-0.2, -0.15) is 0 Å². The highest BCUT2D eigenvalue weighted by atomic mass is 16.2. The van der Waals surface area contributed by atoms with E-state index in [9.17, 15) is 9.59 Å². The van der Waals surface area contributed by atoms with Crippen molar-refractivity contribution in [2.45, 2.75) is 32.2 Å². The first kappa shape index (κ1) is 13.9. The summed E-state index contributed by atoms with van der Waals surface area (Å²) in [6.45, 7) is 3.34. The number of carbonyl (C=O) groups excluding carboxylic acids is 2. The molecule has 2 amide bonds. The van der Waals surface area contributed by atoms with Crippen LogP contribution in [0.1, 0.15) is 35.2 Å². The predicted octanol–water partition coefficient (Wildman–Crippen LogP) is 1.32. The maximum absolute atomic E-state index is 12.6. The largest absolute Gasteiger partial charge is 0.399 e. The lowest BCUT2D eigenvalue weighted by Gasteiger charge is -2.41. The molecule has 0 bridgehead atoms. The molecule has 0 spiro atoms. The molecule has 1 aromatic carbocycles. The fraction of sp³-hybridized carbons (Fsp3) is 0.500. The summed E-state index contributed by atoms with van der Waals surface area (Å²) in [4.78, 5) is 25.9. The summed E-state index contributed by atoms with van der Waals surface area (Å²) in [5.74, 6) is 0.592. The van der Waals surface area contributed by atoms with E-state index in [1.54, 1.807) is 12.1 Å². The third-order valence-electron chi connectivity index (χ3n) is 4.63. The molecular formula is C16H21N3O2. The van der Waals surface area contributed by atoms with Crippen LogP contribution in [0.15, 0.2) is 18.2 Å². The Hall–Kier alpha value is -2.04. The van der Waals surface area contributed by atoms with Gasteiger partial charge in [0.2, 0.25) is 5.91 Å². The van der Waals surface area contributed by atoms with E-state index in [1.165, 1.54) is 0 Å². The number of nitrogen functional groups attached to an aromatic ring is 1. The molecule has 0 aromatic heterocycles. The molecular weight excluding hydrogens is 266 g/mol. The molecule has 21 heavy (non-hydrogen) atoms. The number of fused-ring (bicyclic) bond motifs is 1. The highest BCUT2D eigenvalue weighted by Crippen LogP contribution is 2.26. The number of nitrogens with zero attached hydrogens (tertiary/aromatic N) is 1. The zero-order valence-corrected chi connectivity index (χ0v) is 12.3. The van der Waals surface area contributed by atoms with Gasteiger partial charge in [-0.05, 0) is 49.4 Å². The maximum atomic E-state index is 12.6. The number of benzene rings is 1. The molecule has 2 unspecified atom stereocenters. The number of rotatable bonds is 1. The van der Waals surface area contributed by atoms with E-state index < -0.39 is 0 Å². The monoisotopic (exact) mass is 287 g/mol. The second-order valence-corrected chi connectivity index (χ2v) is 6.08. The van der Waals surface area contributed by atoms with Crippen LogP contribution in [-0.4, -0.2) is 35.8 Å². The molecule has 3 rings (SSSR count). The lowest BCUT2D eigenvalue weighted by Crippen LogP contribution is -2.55. The fourth-order valence-electron chi connectivity index (χ4n) is 3.29. The minimum Gasteiger partial charge on any atom is -0.399 e. The smallest absolute Gasteiger partial charge is 0.253 e. The SMILES string of the molecule is Cc1cc(C(=O)N2CCC3NC(=O)CCC3C2)ccc1N. The summed E-state index contributed by atoms with van der Waals surface area (Å²) in [6, 6.07) is 5.67. The van der Waals surface area contributed by atoms with Gasteiger partial charge in [0.15, 0.2) is 0 Å². The fourth-order valence-corrected chi connectivity index (χ4v) is 3.29. The van der Waals surface area contributed by atoms with Crippen molar-refractivity contribution in [2.75, 3.05) is 18.8 Å². The lowest BCUT2D eigenvalue weighted by molar-refractivity contribution is -0.125. The molecule has 0 radical (unpaired) electrons. The van der Waals surface area contributed by atoms with E-state index >= 15 is 0 Å². The van der Waals surface area contributed by atoms with Gasteiger partial charge in [0.05, 0.1) is 0 Å². The van der Waals surface area contributed by atoms with Crippen LogP contribution >= 0.6 is 0 Å². The topological polar surface area (TPSA) is 75.4 Å². The third-order valence-corrected chi connectivity index (χ3v) is 4.63. The Morgan fingerprint density at radius 1 is 1.38 bits per heavy atom. The molecule has 1 aromatic rings. The van der Waals surface area contributed by atoms with Gasteiger partial charge in [-0.25, -0.2) is 0 Å². The normalized spacial score (nSPS) is 25.2. The van der Waals surface area contributed by atoms with Gasteiger partial charge in [0.25, 0.3) is 5.91 Å². The highest BCUT2D eigenvalue weighted by Gasteiger charge is 2.35. The van der Waals surface area contributed by atoms with Gasteiger partial charge < -0.3 is 16.0 Å². The number of carbonyl (C=O) groups is 2. The third kappa shape index (κ3) is 2.73. The maximum Gasteiger partial charge on any atom is 0.253 e. The van der Waals surface area contributed by atoms with Gasteiger partial charge in [0.1, 0.15) is 0 Å². The van der Waals surface area contributed by atoms with Crippen LogP contribution in [0.2, 0.25) is 0 Å². The summed E-state index contributed by atoms with van der Waals surface area (Å²) >= 11 is 0. The van der Waals surface area contributed by atoms with Crippen molar-refractivity contribution >= 4 is 17.5 Å². The molecule has 112 valence electrons. The molecule has 2 aliphatic heterocycles. The number of hydrogen-bond acceptors (Lipinski definition) is 3. The first-order chi connectivity index (χ1) is 10.0.